The van der Waals surface area contributed by atoms with Crippen molar-refractivity contribution >= 4 is 21.5 Å². The molecule has 1 aromatic rings. The van der Waals surface area contributed by atoms with Crippen molar-refractivity contribution in [2.24, 2.45) is 0 Å². The number of ether oxygens (including phenoxy) is 2. The van der Waals surface area contributed by atoms with Crippen LogP contribution in [0.15, 0.2) is 48.6 Å². The molecule has 0 aliphatic heterocycles. The molecule has 0 radical (unpaired) electrons. The van der Waals surface area contributed by atoms with Crippen LogP contribution in [0.4, 0.5) is 0 Å². The molecule has 0 bridgehead atoms. The van der Waals surface area contributed by atoms with Gasteiger partial charge in [0.1, 0.15) is 11.7 Å². The van der Waals surface area contributed by atoms with E-state index in [2.05, 4.69) is 46.3 Å². The molecule has 1 aromatic carbocycles. The van der Waals surface area contributed by atoms with Gasteiger partial charge in [-0.25, -0.2) is 0 Å². The quantitative estimate of drug-likeness (QED) is 0.767. The van der Waals surface area contributed by atoms with Crippen LogP contribution >= 0.6 is 15.9 Å². The van der Waals surface area contributed by atoms with Crippen molar-refractivity contribution in [3.05, 3.63) is 54.1 Å². The number of hydrogen-bond acceptors (Lipinski definition) is 2. The SMILES string of the molecule is COC1C(c2ccccc2)=CC=CC1(CCBr)OC. The Morgan fingerprint density at radius 1 is 1.21 bits per heavy atom. The zero-order valence-corrected chi connectivity index (χ0v) is 12.9. The molecule has 1 aliphatic carbocycles. The summed E-state index contributed by atoms with van der Waals surface area (Å²) in [6.45, 7) is 0. The molecule has 0 fully saturated rings. The highest BCUT2D eigenvalue weighted by Gasteiger charge is 2.40. The summed E-state index contributed by atoms with van der Waals surface area (Å²) in [5.41, 5.74) is 1.93. The van der Waals surface area contributed by atoms with Crippen LogP contribution in [0.1, 0.15) is 12.0 Å². The second kappa shape index (κ2) is 6.51. The Labute approximate surface area is 123 Å². The van der Waals surface area contributed by atoms with Gasteiger partial charge in [-0.2, -0.15) is 0 Å². The molecule has 102 valence electrons. The number of benzene rings is 1. The third-order valence-corrected chi connectivity index (χ3v) is 3.98. The summed E-state index contributed by atoms with van der Waals surface area (Å²) in [4.78, 5) is 0. The lowest BCUT2D eigenvalue weighted by atomic mass is 9.81. The molecule has 0 spiro atoms. The average molecular weight is 323 g/mol. The molecule has 0 saturated carbocycles. The van der Waals surface area contributed by atoms with Gasteiger partial charge in [-0.05, 0) is 23.6 Å². The van der Waals surface area contributed by atoms with Crippen LogP contribution in [0.2, 0.25) is 0 Å². The van der Waals surface area contributed by atoms with Crippen molar-refractivity contribution in [1.82, 2.24) is 0 Å². The molecule has 0 heterocycles. The van der Waals surface area contributed by atoms with Gasteiger partial charge in [0, 0.05) is 19.5 Å². The highest BCUT2D eigenvalue weighted by Crippen LogP contribution is 2.37. The van der Waals surface area contributed by atoms with Gasteiger partial charge in [0.2, 0.25) is 0 Å². The van der Waals surface area contributed by atoms with Gasteiger partial charge < -0.3 is 9.47 Å². The van der Waals surface area contributed by atoms with Gasteiger partial charge >= 0.3 is 0 Å². The van der Waals surface area contributed by atoms with Crippen LogP contribution in [-0.4, -0.2) is 31.3 Å². The number of rotatable bonds is 5. The normalized spacial score (nSPS) is 26.3. The van der Waals surface area contributed by atoms with Gasteiger partial charge in [0.05, 0.1) is 0 Å². The smallest absolute Gasteiger partial charge is 0.117 e. The fourth-order valence-electron chi connectivity index (χ4n) is 2.60. The maximum atomic E-state index is 5.79. The molecule has 1 aliphatic rings. The van der Waals surface area contributed by atoms with Gasteiger partial charge in [0.15, 0.2) is 0 Å². The number of hydrogen-bond donors (Lipinski definition) is 0. The van der Waals surface area contributed by atoms with Gasteiger partial charge in [-0.3, -0.25) is 0 Å². The highest BCUT2D eigenvalue weighted by atomic mass is 79.9. The van der Waals surface area contributed by atoms with Crippen molar-refractivity contribution in [1.29, 1.82) is 0 Å². The minimum atomic E-state index is -0.405. The highest BCUT2D eigenvalue weighted by molar-refractivity contribution is 9.09. The molecule has 3 heteroatoms. The lowest BCUT2D eigenvalue weighted by molar-refractivity contribution is -0.0626. The monoisotopic (exact) mass is 322 g/mol. The van der Waals surface area contributed by atoms with Crippen molar-refractivity contribution in [3.63, 3.8) is 0 Å². The number of alkyl halides is 1. The largest absolute Gasteiger partial charge is 0.373 e. The van der Waals surface area contributed by atoms with E-state index < -0.39 is 5.60 Å². The Morgan fingerprint density at radius 2 is 1.95 bits per heavy atom. The summed E-state index contributed by atoms with van der Waals surface area (Å²) in [6, 6.07) is 10.3. The Hall–Kier alpha value is -0.900. The van der Waals surface area contributed by atoms with Gasteiger partial charge in [-0.1, -0.05) is 58.4 Å². The van der Waals surface area contributed by atoms with Gasteiger partial charge in [-0.15, -0.1) is 0 Å². The van der Waals surface area contributed by atoms with Crippen LogP contribution < -0.4 is 0 Å². The first-order chi connectivity index (χ1) is 9.27. The second-order valence-corrected chi connectivity index (χ2v) is 5.35. The third-order valence-electron chi connectivity index (χ3n) is 3.59. The van der Waals surface area contributed by atoms with E-state index in [9.17, 15) is 0 Å². The fraction of sp³-hybridized carbons (Fsp3) is 0.375. The minimum absolute atomic E-state index is 0.0950. The van der Waals surface area contributed by atoms with Crippen LogP contribution in [0.25, 0.3) is 5.57 Å². The maximum absolute atomic E-state index is 5.79. The summed E-state index contributed by atoms with van der Waals surface area (Å²) >= 11 is 3.50. The third kappa shape index (κ3) is 2.83. The molecule has 2 rings (SSSR count). The first-order valence-corrected chi connectivity index (χ1v) is 7.48. The first kappa shape index (κ1) is 14.5. The Balaban J connectivity index is 2.40. The van der Waals surface area contributed by atoms with E-state index in [4.69, 9.17) is 9.47 Å². The molecular weight excluding hydrogens is 304 g/mol. The van der Waals surface area contributed by atoms with E-state index in [1.165, 1.54) is 5.56 Å². The van der Waals surface area contributed by atoms with E-state index in [-0.39, 0.29) is 6.10 Å². The summed E-state index contributed by atoms with van der Waals surface area (Å²) in [5.74, 6) is 0. The summed E-state index contributed by atoms with van der Waals surface area (Å²) in [7, 11) is 3.48. The number of allylic oxidation sites excluding steroid dienone is 2. The molecule has 0 saturated heterocycles. The number of methoxy groups -OCH3 is 2. The van der Waals surface area contributed by atoms with E-state index in [0.717, 1.165) is 17.3 Å². The molecule has 2 unspecified atom stereocenters. The van der Waals surface area contributed by atoms with E-state index >= 15 is 0 Å². The van der Waals surface area contributed by atoms with E-state index in [1.807, 2.05) is 18.2 Å². The lowest BCUT2D eigenvalue weighted by Crippen LogP contribution is -2.46. The van der Waals surface area contributed by atoms with Crippen LogP contribution in [-0.2, 0) is 9.47 Å². The Kier molecular flexibility index (Phi) is 4.97. The van der Waals surface area contributed by atoms with E-state index in [1.54, 1.807) is 14.2 Å². The predicted molar refractivity (Wildman–Crippen MR) is 82.5 cm³/mol. The van der Waals surface area contributed by atoms with Crippen LogP contribution in [0.3, 0.4) is 0 Å². The molecule has 19 heavy (non-hydrogen) atoms. The second-order valence-electron chi connectivity index (χ2n) is 4.56. The van der Waals surface area contributed by atoms with Gasteiger partial charge in [0.25, 0.3) is 0 Å². The van der Waals surface area contributed by atoms with Crippen LogP contribution in [0, 0.1) is 0 Å². The van der Waals surface area contributed by atoms with Crippen molar-refractivity contribution < 1.29 is 9.47 Å². The molecule has 0 amide bonds. The first-order valence-electron chi connectivity index (χ1n) is 6.36. The molecule has 2 nitrogen and oxygen atoms in total. The zero-order valence-electron chi connectivity index (χ0n) is 11.3. The maximum Gasteiger partial charge on any atom is 0.117 e. The topological polar surface area (TPSA) is 18.5 Å². The van der Waals surface area contributed by atoms with Crippen molar-refractivity contribution in [2.45, 2.75) is 18.1 Å². The number of halogens is 1. The summed E-state index contributed by atoms with van der Waals surface area (Å²) in [5, 5.41) is 0.868. The van der Waals surface area contributed by atoms with Crippen molar-refractivity contribution in [3.8, 4) is 0 Å². The molecule has 2 atom stereocenters. The summed E-state index contributed by atoms with van der Waals surface area (Å²) < 4.78 is 11.5. The standard InChI is InChI=1S/C16H19BrO2/c1-18-15-14(13-7-4-3-5-8-13)9-6-10-16(15,19-2)11-12-17/h3-10,15H,11-12H2,1-2H3. The lowest BCUT2D eigenvalue weighted by Gasteiger charge is -2.39. The average Bonchev–Trinajstić information content (AvgIpc) is 2.48. The minimum Gasteiger partial charge on any atom is -0.373 e. The van der Waals surface area contributed by atoms with E-state index in [0.29, 0.717) is 0 Å². The molecule has 0 aromatic heterocycles. The predicted octanol–water partition coefficient (Wildman–Crippen LogP) is 3.83. The zero-order chi connectivity index (χ0) is 13.7. The van der Waals surface area contributed by atoms with Crippen LogP contribution in [0.5, 0.6) is 0 Å². The Bertz CT molecular complexity index is 467. The Morgan fingerprint density at radius 3 is 2.53 bits per heavy atom. The molecular formula is C16H19BrO2. The fourth-order valence-corrected chi connectivity index (χ4v) is 3.22. The summed E-state index contributed by atoms with van der Waals surface area (Å²) in [6.07, 6.45) is 7.03. The van der Waals surface area contributed by atoms with Crippen molar-refractivity contribution in [2.75, 3.05) is 19.5 Å². The molecule has 0 N–H and O–H groups in total.